The van der Waals surface area contributed by atoms with E-state index in [1.165, 1.54) is 7.11 Å². The second-order valence-corrected chi connectivity index (χ2v) is 4.09. The van der Waals surface area contributed by atoms with Crippen LogP contribution in [0.5, 0.6) is 0 Å². The van der Waals surface area contributed by atoms with E-state index >= 15 is 0 Å². The van der Waals surface area contributed by atoms with Gasteiger partial charge in [0.05, 0.1) is 12.7 Å². The molecule has 0 amide bonds. The molecule has 1 fully saturated rings. The van der Waals surface area contributed by atoms with Crippen LogP contribution in [0.3, 0.4) is 0 Å². The van der Waals surface area contributed by atoms with E-state index in [1.54, 1.807) is 13.8 Å². The third kappa shape index (κ3) is 2.91. The Hall–Kier alpha value is -0.240. The van der Waals surface area contributed by atoms with Crippen LogP contribution in [0.15, 0.2) is 0 Å². The lowest BCUT2D eigenvalue weighted by atomic mass is 9.99. The third-order valence-corrected chi connectivity index (χ3v) is 2.48. The Morgan fingerprint density at radius 3 is 2.31 bits per heavy atom. The van der Waals surface area contributed by atoms with Gasteiger partial charge in [-0.05, 0) is 13.8 Å². The molecule has 0 radical (unpaired) electrons. The predicted octanol–water partition coefficient (Wildman–Crippen LogP) is -1.13. The second kappa shape index (κ2) is 5.90. The molecular weight excluding hydrogens is 216 g/mol. The van der Waals surface area contributed by atoms with Gasteiger partial charge < -0.3 is 29.5 Å². The molecule has 5 atom stereocenters. The van der Waals surface area contributed by atoms with Gasteiger partial charge in [-0.3, -0.25) is 0 Å². The molecule has 6 nitrogen and oxygen atoms in total. The fourth-order valence-corrected chi connectivity index (χ4v) is 1.73. The van der Waals surface area contributed by atoms with Crippen LogP contribution in [0.25, 0.3) is 0 Å². The van der Waals surface area contributed by atoms with Gasteiger partial charge in [-0.15, -0.1) is 0 Å². The minimum Gasteiger partial charge on any atom is -0.394 e. The number of hydrogen-bond acceptors (Lipinski definition) is 6. The minimum atomic E-state index is -1.18. The first-order valence-electron chi connectivity index (χ1n) is 5.32. The van der Waals surface area contributed by atoms with E-state index in [0.717, 1.165) is 0 Å². The molecule has 1 aliphatic heterocycles. The number of rotatable bonds is 4. The Labute approximate surface area is 94.7 Å². The summed E-state index contributed by atoms with van der Waals surface area (Å²) in [4.78, 5) is 0. The van der Waals surface area contributed by atoms with Crippen molar-refractivity contribution in [1.82, 2.24) is 0 Å². The van der Waals surface area contributed by atoms with Crippen molar-refractivity contribution in [2.45, 2.75) is 50.7 Å². The highest BCUT2D eigenvalue weighted by Gasteiger charge is 2.45. The summed E-state index contributed by atoms with van der Waals surface area (Å²) in [5.74, 6) is 0. The molecule has 0 unspecified atom stereocenters. The van der Waals surface area contributed by atoms with Gasteiger partial charge in [0.25, 0.3) is 0 Å². The highest BCUT2D eigenvalue weighted by atomic mass is 16.7. The third-order valence-electron chi connectivity index (χ3n) is 2.48. The first-order chi connectivity index (χ1) is 7.51. The molecular formula is C10H20O6. The summed E-state index contributed by atoms with van der Waals surface area (Å²) >= 11 is 0. The average Bonchev–Trinajstić information content (AvgIpc) is 2.25. The molecule has 0 aliphatic carbocycles. The average molecular weight is 236 g/mol. The highest BCUT2D eigenvalue weighted by molar-refractivity contribution is 4.90. The van der Waals surface area contributed by atoms with Crippen LogP contribution >= 0.6 is 0 Å². The summed E-state index contributed by atoms with van der Waals surface area (Å²) in [6.07, 6.45) is -4.87. The van der Waals surface area contributed by atoms with Gasteiger partial charge >= 0.3 is 0 Å². The summed E-state index contributed by atoms with van der Waals surface area (Å²) in [6.45, 7) is 3.30. The van der Waals surface area contributed by atoms with Crippen LogP contribution in [0.4, 0.5) is 0 Å². The van der Waals surface area contributed by atoms with E-state index in [1.807, 2.05) is 0 Å². The number of aliphatic hydroxyl groups is 3. The smallest absolute Gasteiger partial charge is 0.186 e. The summed E-state index contributed by atoms with van der Waals surface area (Å²) in [5, 5.41) is 28.7. The van der Waals surface area contributed by atoms with E-state index < -0.39 is 30.7 Å². The number of aliphatic hydroxyl groups excluding tert-OH is 3. The maximum atomic E-state index is 9.84. The first kappa shape index (κ1) is 13.8. The molecule has 96 valence electrons. The molecule has 1 aliphatic rings. The summed E-state index contributed by atoms with van der Waals surface area (Å²) in [6, 6.07) is 0. The number of hydrogen-bond donors (Lipinski definition) is 3. The lowest BCUT2D eigenvalue weighted by molar-refractivity contribution is -0.305. The van der Waals surface area contributed by atoms with Crippen molar-refractivity contribution in [2.24, 2.45) is 0 Å². The lowest BCUT2D eigenvalue weighted by Crippen LogP contribution is -2.60. The van der Waals surface area contributed by atoms with Gasteiger partial charge in [-0.25, -0.2) is 0 Å². The van der Waals surface area contributed by atoms with Crippen molar-refractivity contribution in [3.8, 4) is 0 Å². The van der Waals surface area contributed by atoms with E-state index in [2.05, 4.69) is 0 Å². The van der Waals surface area contributed by atoms with Gasteiger partial charge in [0.2, 0.25) is 0 Å². The van der Waals surface area contributed by atoms with Gasteiger partial charge in [0, 0.05) is 7.11 Å². The summed E-state index contributed by atoms with van der Waals surface area (Å²) in [7, 11) is 1.36. The zero-order valence-electron chi connectivity index (χ0n) is 9.74. The standard InChI is InChI=1S/C10H20O6/c1-5(2)15-9-6(4-11)16-10(14-3)8(13)7(9)12/h5-13H,4H2,1-3H3/t6-,7-,8+,9-,10+/m1/s1. The van der Waals surface area contributed by atoms with E-state index in [9.17, 15) is 10.2 Å². The number of ether oxygens (including phenoxy) is 3. The molecule has 0 aromatic heterocycles. The van der Waals surface area contributed by atoms with Gasteiger partial charge in [-0.1, -0.05) is 0 Å². The van der Waals surface area contributed by atoms with Crippen molar-refractivity contribution in [1.29, 1.82) is 0 Å². The van der Waals surface area contributed by atoms with Crippen LogP contribution in [-0.2, 0) is 14.2 Å². The Morgan fingerprint density at radius 1 is 1.25 bits per heavy atom. The quantitative estimate of drug-likeness (QED) is 0.572. The maximum Gasteiger partial charge on any atom is 0.186 e. The largest absolute Gasteiger partial charge is 0.394 e. The zero-order chi connectivity index (χ0) is 12.3. The first-order valence-corrected chi connectivity index (χ1v) is 5.32. The monoisotopic (exact) mass is 236 g/mol. The topological polar surface area (TPSA) is 88.4 Å². The van der Waals surface area contributed by atoms with E-state index in [-0.39, 0.29) is 12.7 Å². The molecule has 1 heterocycles. The second-order valence-electron chi connectivity index (χ2n) is 4.09. The van der Waals surface area contributed by atoms with E-state index in [4.69, 9.17) is 19.3 Å². The van der Waals surface area contributed by atoms with Gasteiger partial charge in [0.15, 0.2) is 6.29 Å². The van der Waals surface area contributed by atoms with Gasteiger partial charge in [0.1, 0.15) is 24.4 Å². The molecule has 1 rings (SSSR count). The minimum absolute atomic E-state index is 0.136. The van der Waals surface area contributed by atoms with Crippen molar-refractivity contribution >= 4 is 0 Å². The zero-order valence-corrected chi connectivity index (χ0v) is 9.74. The fourth-order valence-electron chi connectivity index (χ4n) is 1.73. The fraction of sp³-hybridized carbons (Fsp3) is 1.00. The van der Waals surface area contributed by atoms with E-state index in [0.29, 0.717) is 0 Å². The lowest BCUT2D eigenvalue weighted by Gasteiger charge is -2.41. The molecule has 6 heteroatoms. The molecule has 0 saturated carbocycles. The Bertz CT molecular complexity index is 207. The van der Waals surface area contributed by atoms with Crippen LogP contribution in [0.2, 0.25) is 0 Å². The molecule has 0 aromatic carbocycles. The molecule has 3 N–H and O–H groups in total. The summed E-state index contributed by atoms with van der Waals surface area (Å²) < 4.78 is 15.6. The van der Waals surface area contributed by atoms with Crippen molar-refractivity contribution in [3.05, 3.63) is 0 Å². The summed E-state index contributed by atoms with van der Waals surface area (Å²) in [5.41, 5.74) is 0. The van der Waals surface area contributed by atoms with Crippen LogP contribution in [-0.4, -0.2) is 65.8 Å². The van der Waals surface area contributed by atoms with Crippen LogP contribution < -0.4 is 0 Å². The highest BCUT2D eigenvalue weighted by Crippen LogP contribution is 2.24. The number of methoxy groups -OCH3 is 1. The Balaban J connectivity index is 2.73. The van der Waals surface area contributed by atoms with Crippen LogP contribution in [0.1, 0.15) is 13.8 Å². The van der Waals surface area contributed by atoms with Crippen LogP contribution in [0, 0.1) is 0 Å². The predicted molar refractivity (Wildman–Crippen MR) is 54.8 cm³/mol. The molecule has 16 heavy (non-hydrogen) atoms. The molecule has 0 aromatic rings. The normalized spacial score (nSPS) is 40.3. The molecule has 0 spiro atoms. The molecule has 1 saturated heterocycles. The molecule has 0 bridgehead atoms. The van der Waals surface area contributed by atoms with Crippen molar-refractivity contribution < 1.29 is 29.5 Å². The van der Waals surface area contributed by atoms with Crippen molar-refractivity contribution in [2.75, 3.05) is 13.7 Å². The SMILES string of the molecule is CO[C@H]1O[C@H](CO)[C@@H](OC(C)C)[C@H](O)[C@@H]1O. The van der Waals surface area contributed by atoms with Crippen molar-refractivity contribution in [3.63, 3.8) is 0 Å². The maximum absolute atomic E-state index is 9.84. The Morgan fingerprint density at radius 2 is 1.88 bits per heavy atom. The Kier molecular flexibility index (Phi) is 5.10. The van der Waals surface area contributed by atoms with Gasteiger partial charge in [-0.2, -0.15) is 0 Å².